The van der Waals surface area contributed by atoms with Gasteiger partial charge in [-0.15, -0.1) is 0 Å². The molecule has 1 rings (SSSR count). The van der Waals surface area contributed by atoms with Crippen LogP contribution < -0.4 is 14.8 Å². The first-order chi connectivity index (χ1) is 10.8. The monoisotopic (exact) mass is 327 g/mol. The number of nitrogens with one attached hydrogen (secondary N) is 1. The molecule has 1 aromatic carbocycles. The molecular weight excluding hydrogens is 305 g/mol. The van der Waals surface area contributed by atoms with Gasteiger partial charge in [-0.25, -0.2) is 4.39 Å². The molecule has 1 atom stereocenters. The van der Waals surface area contributed by atoms with E-state index in [9.17, 15) is 19.1 Å². The number of carbonyl (C=O) groups is 2. The van der Waals surface area contributed by atoms with Gasteiger partial charge in [-0.05, 0) is 24.5 Å². The van der Waals surface area contributed by atoms with Crippen LogP contribution in [0.2, 0.25) is 0 Å². The number of halogens is 1. The third-order valence-electron chi connectivity index (χ3n) is 3.34. The fourth-order valence-corrected chi connectivity index (χ4v) is 2.26. The van der Waals surface area contributed by atoms with Gasteiger partial charge in [0.05, 0.1) is 20.1 Å². The summed E-state index contributed by atoms with van der Waals surface area (Å²) in [5, 5.41) is 11.6. The van der Waals surface area contributed by atoms with Gasteiger partial charge in [0.2, 0.25) is 0 Å². The molecule has 1 unspecified atom stereocenters. The second-order valence-corrected chi connectivity index (χ2v) is 5.53. The summed E-state index contributed by atoms with van der Waals surface area (Å²) in [5.41, 5.74) is -0.305. The van der Waals surface area contributed by atoms with Crippen LogP contribution in [0.3, 0.4) is 0 Å². The Bertz CT molecular complexity index is 574. The Kier molecular flexibility index (Phi) is 6.81. The Labute approximate surface area is 134 Å². The Morgan fingerprint density at radius 1 is 1.26 bits per heavy atom. The van der Waals surface area contributed by atoms with Crippen LogP contribution in [0.1, 0.15) is 30.6 Å². The first-order valence-electron chi connectivity index (χ1n) is 7.23. The van der Waals surface area contributed by atoms with Crippen molar-refractivity contribution in [2.75, 3.05) is 20.8 Å². The molecule has 7 heteroatoms. The van der Waals surface area contributed by atoms with E-state index >= 15 is 0 Å². The fourth-order valence-electron chi connectivity index (χ4n) is 2.26. The number of carbonyl (C=O) groups excluding carboxylic acids is 1. The number of benzene rings is 1. The van der Waals surface area contributed by atoms with Gasteiger partial charge in [-0.1, -0.05) is 13.8 Å². The van der Waals surface area contributed by atoms with Crippen molar-refractivity contribution in [1.82, 2.24) is 5.32 Å². The quantitative estimate of drug-likeness (QED) is 0.765. The zero-order valence-electron chi connectivity index (χ0n) is 13.7. The molecular formula is C16H22FNO5. The smallest absolute Gasteiger partial charge is 0.308 e. The van der Waals surface area contributed by atoms with Crippen LogP contribution in [0.4, 0.5) is 4.39 Å². The molecule has 2 N–H and O–H groups in total. The molecule has 0 fully saturated rings. The van der Waals surface area contributed by atoms with Gasteiger partial charge in [0.1, 0.15) is 11.4 Å². The van der Waals surface area contributed by atoms with Gasteiger partial charge >= 0.3 is 5.97 Å². The number of methoxy groups -OCH3 is 2. The van der Waals surface area contributed by atoms with Crippen LogP contribution in [0.25, 0.3) is 0 Å². The van der Waals surface area contributed by atoms with Crippen molar-refractivity contribution in [3.05, 3.63) is 23.5 Å². The lowest BCUT2D eigenvalue weighted by molar-refractivity contribution is -0.142. The summed E-state index contributed by atoms with van der Waals surface area (Å²) < 4.78 is 24.1. The van der Waals surface area contributed by atoms with E-state index in [1.54, 1.807) is 0 Å². The minimum Gasteiger partial charge on any atom is -0.493 e. The van der Waals surface area contributed by atoms with Gasteiger partial charge in [0.25, 0.3) is 5.91 Å². The first-order valence-corrected chi connectivity index (χ1v) is 7.23. The van der Waals surface area contributed by atoms with Gasteiger partial charge in [0, 0.05) is 6.54 Å². The van der Waals surface area contributed by atoms with E-state index in [0.717, 1.165) is 6.07 Å². The second kappa shape index (κ2) is 8.36. The molecule has 0 aromatic heterocycles. The van der Waals surface area contributed by atoms with Gasteiger partial charge in [0.15, 0.2) is 11.5 Å². The molecule has 0 aliphatic rings. The van der Waals surface area contributed by atoms with Crippen molar-refractivity contribution in [3.63, 3.8) is 0 Å². The maximum Gasteiger partial charge on any atom is 0.308 e. The van der Waals surface area contributed by atoms with Crippen LogP contribution in [-0.2, 0) is 4.79 Å². The summed E-state index contributed by atoms with van der Waals surface area (Å²) in [6, 6.07) is 2.45. The minimum atomic E-state index is -1.00. The van der Waals surface area contributed by atoms with Crippen LogP contribution in [0, 0.1) is 17.7 Å². The molecule has 0 saturated heterocycles. The van der Waals surface area contributed by atoms with Crippen molar-refractivity contribution in [2.45, 2.75) is 20.3 Å². The van der Waals surface area contributed by atoms with Gasteiger partial charge in [-0.2, -0.15) is 0 Å². The molecule has 0 saturated carbocycles. The standard InChI is InChI=1S/C16H22FNO5/c1-9(2)7-10(16(20)21)8-18-15(19)13-11(17)5-6-12(22-3)14(13)23-4/h5-6,9-10H,7-8H2,1-4H3,(H,18,19)(H,20,21). The van der Waals surface area contributed by atoms with Crippen molar-refractivity contribution >= 4 is 11.9 Å². The minimum absolute atomic E-state index is 0.0271. The van der Waals surface area contributed by atoms with E-state index in [2.05, 4.69) is 5.32 Å². The third kappa shape index (κ3) is 4.84. The average molecular weight is 327 g/mol. The molecule has 0 heterocycles. The summed E-state index contributed by atoms with van der Waals surface area (Å²) in [5.74, 6) is -2.90. The van der Waals surface area contributed by atoms with Crippen LogP contribution in [0.15, 0.2) is 12.1 Å². The summed E-state index contributed by atoms with van der Waals surface area (Å²) in [4.78, 5) is 23.5. The highest BCUT2D eigenvalue weighted by Crippen LogP contribution is 2.32. The van der Waals surface area contributed by atoms with Crippen LogP contribution in [0.5, 0.6) is 11.5 Å². The molecule has 1 aromatic rings. The van der Waals surface area contributed by atoms with E-state index in [0.29, 0.717) is 6.42 Å². The van der Waals surface area contributed by atoms with Gasteiger partial charge < -0.3 is 19.9 Å². The molecule has 0 aliphatic heterocycles. The average Bonchev–Trinajstić information content (AvgIpc) is 2.49. The summed E-state index contributed by atoms with van der Waals surface area (Å²) in [7, 11) is 2.67. The lowest BCUT2D eigenvalue weighted by Gasteiger charge is -2.17. The molecule has 23 heavy (non-hydrogen) atoms. The summed E-state index contributed by atoms with van der Waals surface area (Å²) in [6.45, 7) is 3.69. The number of rotatable bonds is 8. The Morgan fingerprint density at radius 3 is 2.39 bits per heavy atom. The lowest BCUT2D eigenvalue weighted by Crippen LogP contribution is -2.34. The number of amides is 1. The predicted molar refractivity (Wildman–Crippen MR) is 82.4 cm³/mol. The van der Waals surface area contributed by atoms with Crippen molar-refractivity contribution in [2.24, 2.45) is 11.8 Å². The highest BCUT2D eigenvalue weighted by Gasteiger charge is 2.24. The number of carboxylic acid groups (broad SMARTS) is 1. The molecule has 1 amide bonds. The number of hydrogen-bond donors (Lipinski definition) is 2. The fraction of sp³-hybridized carbons (Fsp3) is 0.500. The largest absolute Gasteiger partial charge is 0.493 e. The number of aliphatic carboxylic acids is 1. The van der Waals surface area contributed by atoms with E-state index in [4.69, 9.17) is 9.47 Å². The number of carboxylic acids is 1. The third-order valence-corrected chi connectivity index (χ3v) is 3.34. The highest BCUT2D eigenvalue weighted by atomic mass is 19.1. The zero-order valence-corrected chi connectivity index (χ0v) is 13.7. The summed E-state index contributed by atoms with van der Waals surface area (Å²) in [6.07, 6.45) is 0.410. The molecule has 0 bridgehead atoms. The number of ether oxygens (including phenoxy) is 2. The Morgan fingerprint density at radius 2 is 1.91 bits per heavy atom. The van der Waals surface area contributed by atoms with E-state index in [1.807, 2.05) is 13.8 Å². The number of hydrogen-bond acceptors (Lipinski definition) is 4. The second-order valence-electron chi connectivity index (χ2n) is 5.53. The normalized spacial score (nSPS) is 11.9. The maximum atomic E-state index is 14.0. The lowest BCUT2D eigenvalue weighted by atomic mass is 9.97. The molecule has 6 nitrogen and oxygen atoms in total. The Balaban J connectivity index is 2.95. The molecule has 0 spiro atoms. The van der Waals surface area contributed by atoms with Crippen LogP contribution >= 0.6 is 0 Å². The van der Waals surface area contributed by atoms with Crippen molar-refractivity contribution in [3.8, 4) is 11.5 Å². The summed E-state index contributed by atoms with van der Waals surface area (Å²) >= 11 is 0. The SMILES string of the molecule is COc1ccc(F)c(C(=O)NCC(CC(C)C)C(=O)O)c1OC. The molecule has 0 aliphatic carbocycles. The first kappa shape index (κ1) is 18.7. The Hall–Kier alpha value is -2.31. The zero-order chi connectivity index (χ0) is 17.6. The highest BCUT2D eigenvalue weighted by molar-refractivity contribution is 5.98. The van der Waals surface area contributed by atoms with Gasteiger partial charge in [-0.3, -0.25) is 9.59 Å². The van der Waals surface area contributed by atoms with E-state index in [-0.39, 0.29) is 29.5 Å². The molecule has 128 valence electrons. The van der Waals surface area contributed by atoms with Crippen molar-refractivity contribution < 1.29 is 28.6 Å². The van der Waals surface area contributed by atoms with Crippen LogP contribution in [-0.4, -0.2) is 37.7 Å². The van der Waals surface area contributed by atoms with E-state index < -0.39 is 23.6 Å². The predicted octanol–water partition coefficient (Wildman–Crippen LogP) is 2.32. The topological polar surface area (TPSA) is 84.9 Å². The van der Waals surface area contributed by atoms with E-state index in [1.165, 1.54) is 20.3 Å². The van der Waals surface area contributed by atoms with Crippen molar-refractivity contribution in [1.29, 1.82) is 0 Å². The maximum absolute atomic E-state index is 14.0. The molecule has 0 radical (unpaired) electrons.